The number of hydrogen-bond acceptors (Lipinski definition) is 11. The number of nitriles is 1. The average molecular weight is 1040 g/mol. The first-order valence-corrected chi connectivity index (χ1v) is 25.3. The number of β-amino-alcohol motifs (C(OH)–C–C–N with tert-alkyl or cyclic N) is 1. The second-order valence-corrected chi connectivity index (χ2v) is 21.2. The highest BCUT2D eigenvalue weighted by Crippen LogP contribution is 2.41. The Morgan fingerprint density at radius 1 is 0.945 bits per heavy atom. The van der Waals surface area contributed by atoms with Gasteiger partial charge in [-0.15, -0.1) is 11.3 Å². The van der Waals surface area contributed by atoms with Crippen molar-refractivity contribution in [3.05, 3.63) is 118 Å². The second-order valence-electron chi connectivity index (χ2n) is 20.0. The number of carbonyl (C=O) groups excluding carboxylic acids is 4. The summed E-state index contributed by atoms with van der Waals surface area (Å²) in [7, 11) is 0. The summed E-state index contributed by atoms with van der Waals surface area (Å²) < 4.78 is 53.1. The number of aliphatic hydroxyl groups excluding tert-OH is 1. The fourth-order valence-corrected chi connectivity index (χ4v) is 10.5. The van der Waals surface area contributed by atoms with E-state index >= 15 is 0 Å². The summed E-state index contributed by atoms with van der Waals surface area (Å²) in [6.45, 7) is 13.1. The molecule has 0 spiro atoms. The minimum Gasteiger partial charge on any atom is -0.493 e. The van der Waals surface area contributed by atoms with Gasteiger partial charge >= 0.3 is 6.18 Å². The second kappa shape index (κ2) is 22.3. The number of ketones is 1. The van der Waals surface area contributed by atoms with E-state index in [2.05, 4.69) is 10.3 Å². The standard InChI is InChI=1S/C55H59F3N6O7S2/c1-33-26-38(36-15-19-40(20-16-36)64-52(72)63(51(69)54(64,6)7)41-21-17-39(29-59)43(27-41)55(56,57)58)18-23-46(33)71-25-9-8-24-70-31-47(67)61-49(53(3,4)5)50(68)62-30-42(65)28-44(62)45(66)22-12-35-10-13-37(14-11-35)48-34(2)60-32-73-48/h10-11,13-21,23,26-27,32,42,44,49,65H,8-9,12,22,24-25,28,30-31H2,1-7H3,(H,61,67)/t42-,44+,49-/m1/s1. The van der Waals surface area contributed by atoms with Crippen LogP contribution in [0, 0.1) is 30.6 Å². The van der Waals surface area contributed by atoms with Crippen LogP contribution in [-0.4, -0.2) is 93.7 Å². The number of benzene rings is 4. The number of rotatable bonds is 18. The number of Topliss-reactive ketones (excluding diaryl/α,β-unsaturated/α-hetero) is 1. The lowest BCUT2D eigenvalue weighted by Crippen LogP contribution is -2.57. The van der Waals surface area contributed by atoms with Crippen molar-refractivity contribution in [2.75, 3.05) is 36.2 Å². The van der Waals surface area contributed by atoms with Crippen molar-refractivity contribution in [1.29, 1.82) is 5.26 Å². The van der Waals surface area contributed by atoms with Crippen molar-refractivity contribution >= 4 is 63.5 Å². The molecule has 0 radical (unpaired) electrons. The van der Waals surface area contributed by atoms with Gasteiger partial charge in [0.05, 0.1) is 57.7 Å². The van der Waals surface area contributed by atoms with Crippen molar-refractivity contribution in [2.24, 2.45) is 5.41 Å². The number of nitrogens with zero attached hydrogens (tertiary/aromatic N) is 5. The molecule has 0 aliphatic carbocycles. The molecule has 384 valence electrons. The van der Waals surface area contributed by atoms with E-state index in [0.717, 1.165) is 55.4 Å². The molecule has 7 rings (SSSR count). The van der Waals surface area contributed by atoms with Gasteiger partial charge in [-0.05, 0) is 135 Å². The van der Waals surface area contributed by atoms with E-state index in [9.17, 15) is 42.7 Å². The highest BCUT2D eigenvalue weighted by Gasteiger charge is 2.51. The van der Waals surface area contributed by atoms with E-state index in [1.54, 1.807) is 48.3 Å². The van der Waals surface area contributed by atoms with E-state index in [4.69, 9.17) is 21.7 Å². The van der Waals surface area contributed by atoms with Gasteiger partial charge in [-0.1, -0.05) is 63.2 Å². The first kappa shape index (κ1) is 54.3. The maximum atomic E-state index is 14.0. The predicted molar refractivity (Wildman–Crippen MR) is 278 cm³/mol. The summed E-state index contributed by atoms with van der Waals surface area (Å²) in [6.07, 6.45) is -3.59. The minimum absolute atomic E-state index is 0.00394. The SMILES string of the molecule is Cc1cc(-c2ccc(N3C(=S)N(c4ccc(C#N)c(C(F)(F)F)c4)C(=O)C3(C)C)cc2)ccc1OCCCCOCC(=O)N[C@H](C(=O)N1C[C@H](O)C[C@H]1C(=O)CCc1ccc(-c2scnc2C)cc1)C(C)(C)C. The van der Waals surface area contributed by atoms with Gasteiger partial charge in [-0.25, -0.2) is 4.98 Å². The number of aryl methyl sites for hydroxylation is 3. The molecule has 0 bridgehead atoms. The Morgan fingerprint density at radius 3 is 2.23 bits per heavy atom. The number of halogens is 3. The smallest absolute Gasteiger partial charge is 0.417 e. The lowest BCUT2D eigenvalue weighted by atomic mass is 9.85. The number of ether oxygens (including phenoxy) is 2. The number of alkyl halides is 3. The van der Waals surface area contributed by atoms with E-state index < -0.39 is 64.2 Å². The third-order valence-corrected chi connectivity index (χ3v) is 14.5. The van der Waals surface area contributed by atoms with Gasteiger partial charge in [0.1, 0.15) is 23.9 Å². The first-order valence-electron chi connectivity index (χ1n) is 24.0. The molecule has 2 N–H and O–H groups in total. The normalized spacial score (nSPS) is 17.2. The van der Waals surface area contributed by atoms with Gasteiger partial charge in [-0.2, -0.15) is 18.4 Å². The predicted octanol–water partition coefficient (Wildman–Crippen LogP) is 9.77. The van der Waals surface area contributed by atoms with Crippen LogP contribution in [0.25, 0.3) is 21.6 Å². The molecule has 2 saturated heterocycles. The Bertz CT molecular complexity index is 2910. The lowest BCUT2D eigenvalue weighted by molar-refractivity contribution is -0.144. The zero-order chi connectivity index (χ0) is 53.0. The zero-order valence-corrected chi connectivity index (χ0v) is 43.5. The monoisotopic (exact) mass is 1040 g/mol. The third-order valence-electron chi connectivity index (χ3n) is 13.1. The van der Waals surface area contributed by atoms with Crippen molar-refractivity contribution < 1.29 is 46.9 Å². The molecule has 3 atom stereocenters. The van der Waals surface area contributed by atoms with Crippen molar-refractivity contribution in [3.8, 4) is 33.4 Å². The Kier molecular flexibility index (Phi) is 16.6. The van der Waals surface area contributed by atoms with Crippen LogP contribution in [0.15, 0.2) is 90.4 Å². The molecule has 4 aromatic carbocycles. The van der Waals surface area contributed by atoms with Gasteiger partial charge in [0.2, 0.25) is 11.8 Å². The summed E-state index contributed by atoms with van der Waals surface area (Å²) in [6, 6.07) is 24.0. The molecule has 3 heterocycles. The number of thiocarbonyl (C=S) groups is 1. The molecule has 3 amide bonds. The molecule has 2 aliphatic rings. The van der Waals surface area contributed by atoms with E-state index in [1.165, 1.54) is 11.0 Å². The van der Waals surface area contributed by atoms with Crippen molar-refractivity contribution in [2.45, 2.75) is 110 Å². The zero-order valence-electron chi connectivity index (χ0n) is 41.8. The molecular formula is C55H59F3N6O7S2. The van der Waals surface area contributed by atoms with Crippen LogP contribution >= 0.6 is 23.6 Å². The number of likely N-dealkylation sites (tertiary alicyclic amines) is 1. The lowest BCUT2D eigenvalue weighted by Gasteiger charge is -2.35. The maximum Gasteiger partial charge on any atom is 0.417 e. The van der Waals surface area contributed by atoms with Gasteiger partial charge in [0.25, 0.3) is 5.91 Å². The molecule has 2 fully saturated rings. The van der Waals surface area contributed by atoms with Crippen LogP contribution in [0.4, 0.5) is 24.5 Å². The molecule has 1 aromatic heterocycles. The van der Waals surface area contributed by atoms with E-state index in [0.29, 0.717) is 37.3 Å². The van der Waals surface area contributed by atoms with E-state index in [1.807, 2.05) is 94.7 Å². The van der Waals surface area contributed by atoms with Gasteiger partial charge in [0, 0.05) is 31.7 Å². The summed E-state index contributed by atoms with van der Waals surface area (Å²) >= 11 is 7.26. The quantitative estimate of drug-likeness (QED) is 0.0634. The van der Waals surface area contributed by atoms with Crippen LogP contribution in [0.2, 0.25) is 0 Å². The molecule has 73 heavy (non-hydrogen) atoms. The molecule has 5 aromatic rings. The Morgan fingerprint density at radius 2 is 1.60 bits per heavy atom. The Labute approximate surface area is 432 Å². The summed E-state index contributed by atoms with van der Waals surface area (Å²) in [5, 5.41) is 22.7. The van der Waals surface area contributed by atoms with Crippen LogP contribution in [0.1, 0.15) is 88.2 Å². The number of carbonyl (C=O) groups is 4. The number of amides is 3. The molecular weight excluding hydrogens is 978 g/mol. The molecule has 0 saturated carbocycles. The summed E-state index contributed by atoms with van der Waals surface area (Å²) in [5.41, 5.74) is 4.34. The Hall–Kier alpha value is -6.52. The molecule has 0 unspecified atom stereocenters. The largest absolute Gasteiger partial charge is 0.493 e. The first-order chi connectivity index (χ1) is 34.5. The number of aliphatic hydroxyl groups is 1. The van der Waals surface area contributed by atoms with Crippen LogP contribution in [-0.2, 0) is 36.5 Å². The number of unbranched alkanes of at least 4 members (excludes halogenated alkanes) is 1. The highest BCUT2D eigenvalue weighted by molar-refractivity contribution is 7.81. The number of hydrogen-bond donors (Lipinski definition) is 2. The fraction of sp³-hybridized carbons (Fsp3) is 0.400. The summed E-state index contributed by atoms with van der Waals surface area (Å²) in [4.78, 5) is 63.9. The number of thiazole rings is 1. The summed E-state index contributed by atoms with van der Waals surface area (Å²) in [5.74, 6) is -0.846. The van der Waals surface area contributed by atoms with Gasteiger partial charge in [-0.3, -0.25) is 24.1 Å². The third kappa shape index (κ3) is 12.3. The average Bonchev–Trinajstić information content (AvgIpc) is 4.01. The molecule has 2 aliphatic heterocycles. The van der Waals surface area contributed by atoms with E-state index in [-0.39, 0.29) is 49.2 Å². The van der Waals surface area contributed by atoms with Crippen LogP contribution in [0.3, 0.4) is 0 Å². The van der Waals surface area contributed by atoms with Crippen LogP contribution in [0.5, 0.6) is 5.75 Å². The fourth-order valence-electron chi connectivity index (χ4n) is 9.12. The Balaban J connectivity index is 0.855. The van der Waals surface area contributed by atoms with Crippen LogP contribution < -0.4 is 19.9 Å². The highest BCUT2D eigenvalue weighted by atomic mass is 32.1. The topological polar surface area (TPSA) is 165 Å². The van der Waals surface area contributed by atoms with Gasteiger partial charge < -0.3 is 29.7 Å². The minimum atomic E-state index is -4.81. The molecule has 18 heteroatoms. The maximum absolute atomic E-state index is 14.0. The number of aromatic nitrogens is 1. The van der Waals surface area contributed by atoms with Crippen molar-refractivity contribution in [3.63, 3.8) is 0 Å². The van der Waals surface area contributed by atoms with Crippen molar-refractivity contribution in [1.82, 2.24) is 15.2 Å². The number of nitrogens with one attached hydrogen (secondary N) is 1. The van der Waals surface area contributed by atoms with Gasteiger partial charge in [0.15, 0.2) is 10.9 Å². The molecule has 13 nitrogen and oxygen atoms in total. The number of anilines is 2.